The molecule has 118 valence electrons. The number of nitrogens with one attached hydrogen (secondary N) is 1. The number of benzene rings is 1. The third kappa shape index (κ3) is 5.80. The van der Waals surface area contributed by atoms with Gasteiger partial charge >= 0.3 is 0 Å². The van der Waals surface area contributed by atoms with Crippen LogP contribution in [0.3, 0.4) is 0 Å². The zero-order valence-corrected chi connectivity index (χ0v) is 14.3. The van der Waals surface area contributed by atoms with Crippen molar-refractivity contribution in [1.29, 1.82) is 0 Å². The van der Waals surface area contributed by atoms with E-state index in [-0.39, 0.29) is 5.82 Å². The fourth-order valence-electron chi connectivity index (χ4n) is 2.81. The molecular formula is C17H25ClFNS. The molecule has 1 aliphatic rings. The molecule has 4 heteroatoms. The largest absolute Gasteiger partial charge is 0.313 e. The second kappa shape index (κ2) is 9.02. The summed E-state index contributed by atoms with van der Waals surface area (Å²) in [6, 6.07) is 5.03. The number of hydrogen-bond acceptors (Lipinski definition) is 2. The molecule has 1 unspecified atom stereocenters. The minimum atomic E-state index is -0.202. The highest BCUT2D eigenvalue weighted by Gasteiger charge is 2.18. The summed E-state index contributed by atoms with van der Waals surface area (Å²) in [6.45, 7) is 3.17. The first-order valence-electron chi connectivity index (χ1n) is 7.98. The minimum absolute atomic E-state index is 0.202. The predicted octanol–water partition coefficient (Wildman–Crippen LogP) is 5.07. The van der Waals surface area contributed by atoms with Crippen LogP contribution in [0.1, 0.15) is 44.6 Å². The van der Waals surface area contributed by atoms with Gasteiger partial charge < -0.3 is 5.32 Å². The van der Waals surface area contributed by atoms with Gasteiger partial charge in [-0.3, -0.25) is 0 Å². The van der Waals surface area contributed by atoms with E-state index in [2.05, 4.69) is 24.0 Å². The van der Waals surface area contributed by atoms with Crippen molar-refractivity contribution in [2.75, 3.05) is 12.3 Å². The second-order valence-electron chi connectivity index (χ2n) is 5.83. The van der Waals surface area contributed by atoms with E-state index in [4.69, 9.17) is 11.6 Å². The molecule has 0 aliphatic heterocycles. The van der Waals surface area contributed by atoms with E-state index >= 15 is 0 Å². The van der Waals surface area contributed by atoms with Crippen LogP contribution in [0.4, 0.5) is 4.39 Å². The highest BCUT2D eigenvalue weighted by Crippen LogP contribution is 2.30. The van der Waals surface area contributed by atoms with Gasteiger partial charge in [0.2, 0.25) is 0 Å². The van der Waals surface area contributed by atoms with E-state index in [1.165, 1.54) is 31.7 Å². The lowest BCUT2D eigenvalue weighted by molar-refractivity contribution is 0.547. The molecule has 1 nitrogen and oxygen atoms in total. The number of halogens is 2. The van der Waals surface area contributed by atoms with Crippen LogP contribution in [-0.2, 0) is 6.42 Å². The monoisotopic (exact) mass is 329 g/mol. The predicted molar refractivity (Wildman–Crippen MR) is 91.9 cm³/mol. The third-order valence-electron chi connectivity index (χ3n) is 3.99. The van der Waals surface area contributed by atoms with Gasteiger partial charge in [0.15, 0.2) is 0 Å². The summed E-state index contributed by atoms with van der Waals surface area (Å²) in [7, 11) is 0. The molecule has 21 heavy (non-hydrogen) atoms. The molecule has 1 atom stereocenters. The van der Waals surface area contributed by atoms with Crippen molar-refractivity contribution < 1.29 is 4.39 Å². The fraction of sp³-hybridized carbons (Fsp3) is 0.647. The van der Waals surface area contributed by atoms with E-state index in [1.807, 2.05) is 0 Å². The lowest BCUT2D eigenvalue weighted by Gasteiger charge is -2.21. The smallest absolute Gasteiger partial charge is 0.123 e. The molecule has 0 saturated heterocycles. The van der Waals surface area contributed by atoms with Crippen molar-refractivity contribution in [2.24, 2.45) is 0 Å². The van der Waals surface area contributed by atoms with Crippen LogP contribution < -0.4 is 5.32 Å². The van der Waals surface area contributed by atoms with E-state index in [1.54, 1.807) is 12.1 Å². The van der Waals surface area contributed by atoms with Crippen molar-refractivity contribution in [3.8, 4) is 0 Å². The Labute approximate surface area is 137 Å². The molecule has 0 radical (unpaired) electrons. The molecule has 2 rings (SSSR count). The molecule has 0 spiro atoms. The van der Waals surface area contributed by atoms with Gasteiger partial charge in [-0.1, -0.05) is 31.4 Å². The maximum atomic E-state index is 13.4. The molecule has 1 saturated carbocycles. The van der Waals surface area contributed by atoms with Crippen molar-refractivity contribution in [3.63, 3.8) is 0 Å². The first kappa shape index (κ1) is 17.1. The van der Waals surface area contributed by atoms with E-state index in [0.29, 0.717) is 11.1 Å². The maximum absolute atomic E-state index is 13.4. The summed E-state index contributed by atoms with van der Waals surface area (Å²) in [6.07, 6.45) is 7.37. The average molecular weight is 330 g/mol. The van der Waals surface area contributed by atoms with Crippen LogP contribution in [0.25, 0.3) is 0 Å². The zero-order valence-electron chi connectivity index (χ0n) is 12.7. The van der Waals surface area contributed by atoms with Gasteiger partial charge in [-0.15, -0.1) is 0 Å². The Morgan fingerprint density at radius 2 is 2.14 bits per heavy atom. The van der Waals surface area contributed by atoms with Crippen LogP contribution in [0.15, 0.2) is 18.2 Å². The first-order chi connectivity index (χ1) is 10.2. The van der Waals surface area contributed by atoms with E-state index in [9.17, 15) is 4.39 Å². The molecule has 1 N–H and O–H groups in total. The number of rotatable bonds is 8. The van der Waals surface area contributed by atoms with Crippen molar-refractivity contribution in [2.45, 2.75) is 56.7 Å². The summed E-state index contributed by atoms with van der Waals surface area (Å²) in [5.41, 5.74) is 0.914. The van der Waals surface area contributed by atoms with E-state index in [0.717, 1.165) is 36.0 Å². The Hall–Kier alpha value is -0.250. The molecule has 0 aromatic heterocycles. The van der Waals surface area contributed by atoms with Gasteiger partial charge in [0.25, 0.3) is 0 Å². The summed E-state index contributed by atoms with van der Waals surface area (Å²) >= 11 is 8.27. The molecule has 1 fully saturated rings. The summed E-state index contributed by atoms with van der Waals surface area (Å²) in [5.74, 6) is 0.879. The number of hydrogen-bond donors (Lipinski definition) is 1. The standard InChI is InChI=1S/C17H25ClFNS/c1-2-9-20-15(12-21-16-5-3-4-6-16)11-13-10-14(19)7-8-17(13)18/h7-8,10,15-16,20H,2-6,9,11-12H2,1H3. The minimum Gasteiger partial charge on any atom is -0.313 e. The first-order valence-corrected chi connectivity index (χ1v) is 9.40. The average Bonchev–Trinajstić information content (AvgIpc) is 2.99. The topological polar surface area (TPSA) is 12.0 Å². The van der Waals surface area contributed by atoms with Gasteiger partial charge in [0, 0.05) is 22.1 Å². The van der Waals surface area contributed by atoms with Crippen LogP contribution in [-0.4, -0.2) is 23.6 Å². The molecule has 1 aromatic rings. The van der Waals surface area contributed by atoms with E-state index < -0.39 is 0 Å². The fourth-order valence-corrected chi connectivity index (χ4v) is 4.41. The van der Waals surface area contributed by atoms with Gasteiger partial charge in [-0.25, -0.2) is 4.39 Å². The van der Waals surface area contributed by atoms with Crippen LogP contribution >= 0.6 is 23.4 Å². The quantitative estimate of drug-likeness (QED) is 0.715. The highest BCUT2D eigenvalue weighted by atomic mass is 35.5. The van der Waals surface area contributed by atoms with Gasteiger partial charge in [0.1, 0.15) is 5.82 Å². The Kier molecular flexibility index (Phi) is 7.35. The van der Waals surface area contributed by atoms with Gasteiger partial charge in [-0.2, -0.15) is 11.8 Å². The maximum Gasteiger partial charge on any atom is 0.123 e. The van der Waals surface area contributed by atoms with Crippen LogP contribution in [0.5, 0.6) is 0 Å². The number of thioether (sulfide) groups is 1. The second-order valence-corrected chi connectivity index (χ2v) is 7.57. The lowest BCUT2D eigenvalue weighted by atomic mass is 10.1. The Balaban J connectivity index is 1.92. The molecule has 0 heterocycles. The molecule has 1 aliphatic carbocycles. The Morgan fingerprint density at radius 3 is 2.86 bits per heavy atom. The van der Waals surface area contributed by atoms with Crippen molar-refractivity contribution in [3.05, 3.63) is 34.6 Å². The third-order valence-corrected chi connectivity index (χ3v) is 5.90. The SMILES string of the molecule is CCCNC(CSC1CCCC1)Cc1cc(F)ccc1Cl. The van der Waals surface area contributed by atoms with Gasteiger partial charge in [-0.05, 0) is 56.0 Å². The van der Waals surface area contributed by atoms with Gasteiger partial charge in [0.05, 0.1) is 0 Å². The Bertz CT molecular complexity index is 435. The zero-order chi connectivity index (χ0) is 15.1. The van der Waals surface area contributed by atoms with Crippen LogP contribution in [0.2, 0.25) is 5.02 Å². The molecule has 1 aromatic carbocycles. The highest BCUT2D eigenvalue weighted by molar-refractivity contribution is 7.99. The summed E-state index contributed by atoms with van der Waals surface area (Å²) in [4.78, 5) is 0. The lowest BCUT2D eigenvalue weighted by Crippen LogP contribution is -2.34. The molecule has 0 bridgehead atoms. The molecule has 0 amide bonds. The molecular weight excluding hydrogens is 305 g/mol. The summed E-state index contributed by atoms with van der Waals surface area (Å²) < 4.78 is 13.4. The Morgan fingerprint density at radius 1 is 1.38 bits per heavy atom. The van der Waals surface area contributed by atoms with Crippen molar-refractivity contribution >= 4 is 23.4 Å². The normalized spacial score (nSPS) is 17.3. The van der Waals surface area contributed by atoms with Crippen LogP contribution in [0, 0.1) is 5.82 Å². The van der Waals surface area contributed by atoms with Crippen molar-refractivity contribution in [1.82, 2.24) is 5.32 Å². The summed E-state index contributed by atoms with van der Waals surface area (Å²) in [5, 5.41) is 5.08.